The van der Waals surface area contributed by atoms with E-state index in [1.807, 2.05) is 24.5 Å². The number of nitrogens with two attached hydrogens (primary N) is 1. The molecule has 2 heterocycles. The number of pyridine rings is 1. The first-order valence-corrected chi connectivity index (χ1v) is 6.81. The van der Waals surface area contributed by atoms with E-state index in [0.29, 0.717) is 0 Å². The average molecular weight is 249 g/mol. The fourth-order valence-corrected chi connectivity index (χ4v) is 2.73. The molecule has 2 rings (SSSR count). The van der Waals surface area contributed by atoms with E-state index < -0.39 is 0 Å². The second-order valence-electron chi connectivity index (χ2n) is 5.03. The summed E-state index contributed by atoms with van der Waals surface area (Å²) in [7, 11) is 0. The maximum absolute atomic E-state index is 12.3. The normalized spacial score (nSPS) is 17.6. The van der Waals surface area contributed by atoms with Crippen molar-refractivity contribution >= 4 is 0 Å². The molecule has 1 aliphatic heterocycles. The van der Waals surface area contributed by atoms with Crippen molar-refractivity contribution in [2.75, 3.05) is 13.1 Å². The Kier molecular flexibility index (Phi) is 3.88. The average Bonchev–Trinajstić information content (AvgIpc) is 2.37. The van der Waals surface area contributed by atoms with Crippen molar-refractivity contribution in [3.63, 3.8) is 0 Å². The summed E-state index contributed by atoms with van der Waals surface area (Å²) in [5.74, 6) is 0. The molecule has 18 heavy (non-hydrogen) atoms. The van der Waals surface area contributed by atoms with Gasteiger partial charge in [-0.2, -0.15) is 0 Å². The molecule has 100 valence electrons. The van der Waals surface area contributed by atoms with Crippen LogP contribution in [-0.4, -0.2) is 22.6 Å². The number of aromatic nitrogens is 1. The molecule has 0 fully saturated rings. The van der Waals surface area contributed by atoms with Gasteiger partial charge in [0.15, 0.2) is 0 Å². The van der Waals surface area contributed by atoms with Crippen molar-refractivity contribution in [3.05, 3.63) is 33.2 Å². The van der Waals surface area contributed by atoms with E-state index in [9.17, 15) is 4.79 Å². The molecule has 4 nitrogen and oxygen atoms in total. The predicted molar refractivity (Wildman–Crippen MR) is 73.6 cm³/mol. The summed E-state index contributed by atoms with van der Waals surface area (Å²) >= 11 is 0. The molecular weight excluding hydrogens is 226 g/mol. The lowest BCUT2D eigenvalue weighted by atomic mass is 10.0. The summed E-state index contributed by atoms with van der Waals surface area (Å²) in [6.45, 7) is 9.84. The highest BCUT2D eigenvalue weighted by molar-refractivity contribution is 5.30. The van der Waals surface area contributed by atoms with Gasteiger partial charge in [0.1, 0.15) is 0 Å². The molecule has 0 saturated carbocycles. The van der Waals surface area contributed by atoms with Crippen LogP contribution < -0.4 is 11.3 Å². The zero-order valence-electron chi connectivity index (χ0n) is 11.6. The van der Waals surface area contributed by atoms with Crippen LogP contribution >= 0.6 is 0 Å². The van der Waals surface area contributed by atoms with Crippen LogP contribution in [0.4, 0.5) is 0 Å². The van der Waals surface area contributed by atoms with Crippen LogP contribution in [0.1, 0.15) is 43.6 Å². The van der Waals surface area contributed by atoms with Gasteiger partial charge in [0, 0.05) is 43.4 Å². The van der Waals surface area contributed by atoms with Gasteiger partial charge in [0.2, 0.25) is 0 Å². The molecule has 0 spiro atoms. The summed E-state index contributed by atoms with van der Waals surface area (Å²) in [5.41, 5.74) is 9.23. The number of nitrogens with zero attached hydrogens (tertiary/aromatic N) is 2. The number of fused-ring (bicyclic) bond motifs is 1. The Morgan fingerprint density at radius 1 is 1.39 bits per heavy atom. The molecule has 0 saturated heterocycles. The van der Waals surface area contributed by atoms with Crippen molar-refractivity contribution in [2.24, 2.45) is 5.73 Å². The first-order valence-electron chi connectivity index (χ1n) is 6.81. The van der Waals surface area contributed by atoms with Crippen LogP contribution in [0.15, 0.2) is 10.9 Å². The molecule has 1 aromatic heterocycles. The van der Waals surface area contributed by atoms with Crippen molar-refractivity contribution in [2.45, 2.75) is 46.3 Å². The van der Waals surface area contributed by atoms with Crippen LogP contribution in [0.5, 0.6) is 0 Å². The number of likely N-dealkylation sites (N-methyl/N-ethyl adjacent to an activating group) is 1. The summed E-state index contributed by atoms with van der Waals surface area (Å²) in [6, 6.07) is 1.83. The summed E-state index contributed by atoms with van der Waals surface area (Å²) < 4.78 is 1.90. The molecule has 0 amide bonds. The van der Waals surface area contributed by atoms with Crippen molar-refractivity contribution in [1.29, 1.82) is 0 Å². The van der Waals surface area contributed by atoms with E-state index in [2.05, 4.69) is 11.8 Å². The SMILES string of the molecule is CCN1CCc2c(cc(C(C)N)c(=O)n2CC)C1. The van der Waals surface area contributed by atoms with Crippen molar-refractivity contribution in [3.8, 4) is 0 Å². The van der Waals surface area contributed by atoms with Crippen LogP contribution in [0.3, 0.4) is 0 Å². The molecule has 0 aromatic carbocycles. The molecule has 1 aliphatic rings. The second-order valence-corrected chi connectivity index (χ2v) is 5.03. The number of hydrogen-bond acceptors (Lipinski definition) is 3. The molecule has 1 aromatic rings. The van der Waals surface area contributed by atoms with Crippen molar-refractivity contribution in [1.82, 2.24) is 9.47 Å². The van der Waals surface area contributed by atoms with Gasteiger partial charge in [-0.1, -0.05) is 6.92 Å². The fraction of sp³-hybridized carbons (Fsp3) is 0.643. The minimum absolute atomic E-state index is 0.0937. The lowest BCUT2D eigenvalue weighted by molar-refractivity contribution is 0.261. The van der Waals surface area contributed by atoms with E-state index in [-0.39, 0.29) is 11.6 Å². The lowest BCUT2D eigenvalue weighted by Gasteiger charge is -2.30. The first-order chi connectivity index (χ1) is 8.58. The van der Waals surface area contributed by atoms with E-state index >= 15 is 0 Å². The zero-order valence-corrected chi connectivity index (χ0v) is 11.6. The molecule has 1 unspecified atom stereocenters. The highest BCUT2D eigenvalue weighted by atomic mass is 16.1. The Morgan fingerprint density at radius 3 is 2.67 bits per heavy atom. The van der Waals surface area contributed by atoms with Gasteiger partial charge in [-0.15, -0.1) is 0 Å². The van der Waals surface area contributed by atoms with Crippen LogP contribution in [0.2, 0.25) is 0 Å². The fourth-order valence-electron chi connectivity index (χ4n) is 2.73. The largest absolute Gasteiger partial charge is 0.324 e. The van der Waals surface area contributed by atoms with E-state index in [1.54, 1.807) is 0 Å². The maximum atomic E-state index is 12.3. The standard InChI is InChI=1S/C14H23N3O/c1-4-16-7-6-13-11(9-16)8-12(10(3)15)14(18)17(13)5-2/h8,10H,4-7,9,15H2,1-3H3. The molecule has 4 heteroatoms. The Hall–Kier alpha value is -1.13. The van der Waals surface area contributed by atoms with Crippen LogP contribution in [0.25, 0.3) is 0 Å². The van der Waals surface area contributed by atoms with Gasteiger partial charge in [0.25, 0.3) is 5.56 Å². The predicted octanol–water partition coefficient (Wildman–Crippen LogP) is 1.27. The highest BCUT2D eigenvalue weighted by Crippen LogP contribution is 2.20. The van der Waals surface area contributed by atoms with Gasteiger partial charge < -0.3 is 10.3 Å². The van der Waals surface area contributed by atoms with Crippen molar-refractivity contribution < 1.29 is 0 Å². The van der Waals surface area contributed by atoms with Gasteiger partial charge in [-0.3, -0.25) is 9.69 Å². The molecule has 0 bridgehead atoms. The second kappa shape index (κ2) is 5.24. The zero-order chi connectivity index (χ0) is 13.3. The number of rotatable bonds is 3. The maximum Gasteiger partial charge on any atom is 0.255 e. The van der Waals surface area contributed by atoms with Gasteiger partial charge >= 0.3 is 0 Å². The Balaban J connectivity index is 2.55. The molecule has 2 N–H and O–H groups in total. The minimum Gasteiger partial charge on any atom is -0.324 e. The topological polar surface area (TPSA) is 51.3 Å². The first kappa shape index (κ1) is 13.3. The molecule has 0 aliphatic carbocycles. The minimum atomic E-state index is -0.197. The quantitative estimate of drug-likeness (QED) is 0.877. The molecule has 1 atom stereocenters. The summed E-state index contributed by atoms with van der Waals surface area (Å²) in [4.78, 5) is 14.7. The molecular formula is C14H23N3O. The highest BCUT2D eigenvalue weighted by Gasteiger charge is 2.21. The third kappa shape index (κ3) is 2.22. The van der Waals surface area contributed by atoms with Crippen LogP contribution in [-0.2, 0) is 19.5 Å². The van der Waals surface area contributed by atoms with E-state index in [4.69, 9.17) is 5.73 Å². The Bertz CT molecular complexity index is 491. The molecule has 0 radical (unpaired) electrons. The monoisotopic (exact) mass is 249 g/mol. The smallest absolute Gasteiger partial charge is 0.255 e. The van der Waals surface area contributed by atoms with Gasteiger partial charge in [-0.05, 0) is 32.0 Å². The number of hydrogen-bond donors (Lipinski definition) is 1. The van der Waals surface area contributed by atoms with Crippen LogP contribution in [0, 0.1) is 0 Å². The third-order valence-corrected chi connectivity index (χ3v) is 3.83. The Morgan fingerprint density at radius 2 is 2.11 bits per heavy atom. The third-order valence-electron chi connectivity index (χ3n) is 3.83. The van der Waals surface area contributed by atoms with Gasteiger partial charge in [-0.25, -0.2) is 0 Å². The summed E-state index contributed by atoms with van der Waals surface area (Å²) in [6.07, 6.45) is 0.964. The summed E-state index contributed by atoms with van der Waals surface area (Å²) in [5, 5.41) is 0. The van der Waals surface area contributed by atoms with E-state index in [0.717, 1.165) is 38.2 Å². The van der Waals surface area contributed by atoms with E-state index in [1.165, 1.54) is 11.3 Å². The Labute approximate surface area is 108 Å². The lowest BCUT2D eigenvalue weighted by Crippen LogP contribution is -2.37. The van der Waals surface area contributed by atoms with Gasteiger partial charge in [0.05, 0.1) is 0 Å².